The van der Waals surface area contributed by atoms with Crippen LogP contribution >= 0.6 is 0 Å². The van der Waals surface area contributed by atoms with Gasteiger partial charge >= 0.3 is 5.97 Å². The molecule has 1 saturated heterocycles. The lowest BCUT2D eigenvalue weighted by atomic mass is 9.84. The summed E-state index contributed by atoms with van der Waals surface area (Å²) in [5, 5.41) is 9.38. The average Bonchev–Trinajstić information content (AvgIpc) is 2.46. The molecule has 0 aromatic carbocycles. The minimum Gasteiger partial charge on any atom is -0.480 e. The average molecular weight is 267 g/mol. The SMILES string of the molecule is CCC1CCN(C(=O)C2CCCCC2)C(C(=O)O)C1. The molecule has 1 heterocycles. The van der Waals surface area contributed by atoms with Gasteiger partial charge in [0.2, 0.25) is 5.91 Å². The Morgan fingerprint density at radius 3 is 2.42 bits per heavy atom. The predicted molar refractivity (Wildman–Crippen MR) is 72.7 cm³/mol. The van der Waals surface area contributed by atoms with Crippen molar-refractivity contribution in [3.8, 4) is 0 Å². The third-order valence-corrected chi connectivity index (χ3v) is 4.81. The molecule has 19 heavy (non-hydrogen) atoms. The van der Waals surface area contributed by atoms with Crippen molar-refractivity contribution in [1.82, 2.24) is 4.90 Å². The molecule has 1 aliphatic carbocycles. The molecule has 0 spiro atoms. The van der Waals surface area contributed by atoms with E-state index in [1.165, 1.54) is 6.42 Å². The van der Waals surface area contributed by atoms with E-state index in [9.17, 15) is 14.7 Å². The second kappa shape index (κ2) is 6.40. The summed E-state index contributed by atoms with van der Waals surface area (Å²) in [5.41, 5.74) is 0. The number of aliphatic carboxylic acids is 1. The van der Waals surface area contributed by atoms with Crippen molar-refractivity contribution in [3.05, 3.63) is 0 Å². The normalized spacial score (nSPS) is 29.2. The van der Waals surface area contributed by atoms with Crippen LogP contribution in [-0.4, -0.2) is 34.5 Å². The number of amides is 1. The highest BCUT2D eigenvalue weighted by atomic mass is 16.4. The van der Waals surface area contributed by atoms with Crippen LogP contribution in [0, 0.1) is 11.8 Å². The molecular formula is C15H25NO3. The molecule has 108 valence electrons. The van der Waals surface area contributed by atoms with Crippen LogP contribution in [0.5, 0.6) is 0 Å². The largest absolute Gasteiger partial charge is 0.480 e. The zero-order chi connectivity index (χ0) is 13.8. The zero-order valence-corrected chi connectivity index (χ0v) is 11.8. The molecule has 1 saturated carbocycles. The summed E-state index contributed by atoms with van der Waals surface area (Å²) in [6.07, 6.45) is 7.92. The molecular weight excluding hydrogens is 242 g/mol. The summed E-state index contributed by atoms with van der Waals surface area (Å²) in [6.45, 7) is 2.73. The smallest absolute Gasteiger partial charge is 0.326 e. The van der Waals surface area contributed by atoms with Gasteiger partial charge in [-0.2, -0.15) is 0 Å². The van der Waals surface area contributed by atoms with E-state index in [4.69, 9.17) is 0 Å². The topological polar surface area (TPSA) is 57.6 Å². The lowest BCUT2D eigenvalue weighted by Gasteiger charge is -2.39. The first-order valence-electron chi connectivity index (χ1n) is 7.66. The van der Waals surface area contributed by atoms with Crippen LogP contribution in [-0.2, 0) is 9.59 Å². The molecule has 2 fully saturated rings. The van der Waals surface area contributed by atoms with Gasteiger partial charge in [0.25, 0.3) is 0 Å². The van der Waals surface area contributed by atoms with Crippen molar-refractivity contribution in [1.29, 1.82) is 0 Å². The van der Waals surface area contributed by atoms with E-state index in [2.05, 4.69) is 6.92 Å². The number of carbonyl (C=O) groups excluding carboxylic acids is 1. The summed E-state index contributed by atoms with van der Waals surface area (Å²) in [5.74, 6) is -0.200. The van der Waals surface area contributed by atoms with Crippen LogP contribution in [0.15, 0.2) is 0 Å². The number of piperidine rings is 1. The number of rotatable bonds is 3. The number of carboxylic acids is 1. The van der Waals surface area contributed by atoms with Crippen LogP contribution in [0.4, 0.5) is 0 Å². The van der Waals surface area contributed by atoms with Gasteiger partial charge in [-0.15, -0.1) is 0 Å². The molecule has 0 radical (unpaired) electrons. The molecule has 0 aromatic heterocycles. The molecule has 4 heteroatoms. The van der Waals surface area contributed by atoms with Gasteiger partial charge in [-0.25, -0.2) is 4.79 Å². The Morgan fingerprint density at radius 2 is 1.84 bits per heavy atom. The maximum Gasteiger partial charge on any atom is 0.326 e. The lowest BCUT2D eigenvalue weighted by Crippen LogP contribution is -2.52. The fourth-order valence-electron chi connectivity index (χ4n) is 3.49. The Hall–Kier alpha value is -1.06. The highest BCUT2D eigenvalue weighted by molar-refractivity contribution is 5.85. The highest BCUT2D eigenvalue weighted by Crippen LogP contribution is 2.31. The van der Waals surface area contributed by atoms with Crippen LogP contribution in [0.3, 0.4) is 0 Å². The minimum atomic E-state index is -0.831. The first-order chi connectivity index (χ1) is 9.13. The Labute approximate surface area is 115 Å². The second-order valence-electron chi connectivity index (χ2n) is 6.02. The Kier molecular flexibility index (Phi) is 4.83. The molecule has 1 N–H and O–H groups in total. The van der Waals surface area contributed by atoms with E-state index in [0.717, 1.165) is 38.5 Å². The number of carboxylic acid groups (broad SMARTS) is 1. The quantitative estimate of drug-likeness (QED) is 0.855. The molecule has 1 amide bonds. The fourth-order valence-corrected chi connectivity index (χ4v) is 3.49. The van der Waals surface area contributed by atoms with E-state index >= 15 is 0 Å². The van der Waals surface area contributed by atoms with E-state index in [0.29, 0.717) is 18.9 Å². The Balaban J connectivity index is 2.03. The van der Waals surface area contributed by atoms with Crippen LogP contribution in [0.2, 0.25) is 0 Å². The van der Waals surface area contributed by atoms with Crippen LogP contribution < -0.4 is 0 Å². The molecule has 0 aromatic rings. The first kappa shape index (κ1) is 14.4. The van der Waals surface area contributed by atoms with E-state index in [1.807, 2.05) is 0 Å². The van der Waals surface area contributed by atoms with Gasteiger partial charge in [0.1, 0.15) is 6.04 Å². The molecule has 2 aliphatic rings. The Morgan fingerprint density at radius 1 is 1.16 bits per heavy atom. The van der Waals surface area contributed by atoms with Crippen LogP contribution in [0.1, 0.15) is 58.3 Å². The van der Waals surface area contributed by atoms with Gasteiger partial charge in [-0.3, -0.25) is 4.79 Å². The Bertz CT molecular complexity index is 336. The number of hydrogen-bond donors (Lipinski definition) is 1. The van der Waals surface area contributed by atoms with Gasteiger partial charge in [0.05, 0.1) is 0 Å². The van der Waals surface area contributed by atoms with Gasteiger partial charge in [-0.05, 0) is 31.6 Å². The van der Waals surface area contributed by atoms with E-state index in [1.54, 1.807) is 4.90 Å². The number of likely N-dealkylation sites (tertiary alicyclic amines) is 1. The van der Waals surface area contributed by atoms with Crippen molar-refractivity contribution in [2.45, 2.75) is 64.3 Å². The van der Waals surface area contributed by atoms with E-state index in [-0.39, 0.29) is 11.8 Å². The standard InChI is InChI=1S/C15H25NO3/c1-2-11-8-9-16(13(10-11)15(18)19)14(17)12-6-4-3-5-7-12/h11-13H,2-10H2,1H3,(H,18,19). The third-order valence-electron chi connectivity index (χ3n) is 4.81. The monoisotopic (exact) mass is 267 g/mol. The maximum atomic E-state index is 12.5. The fraction of sp³-hybridized carbons (Fsp3) is 0.867. The number of nitrogens with zero attached hydrogens (tertiary/aromatic N) is 1. The van der Waals surface area contributed by atoms with Gasteiger partial charge in [-0.1, -0.05) is 32.6 Å². The minimum absolute atomic E-state index is 0.0776. The molecule has 2 rings (SSSR count). The molecule has 1 aliphatic heterocycles. The highest BCUT2D eigenvalue weighted by Gasteiger charge is 2.38. The van der Waals surface area contributed by atoms with Crippen molar-refractivity contribution in [2.24, 2.45) is 11.8 Å². The third kappa shape index (κ3) is 3.28. The number of hydrogen-bond acceptors (Lipinski definition) is 2. The molecule has 2 atom stereocenters. The molecule has 4 nitrogen and oxygen atoms in total. The zero-order valence-electron chi connectivity index (χ0n) is 11.8. The summed E-state index contributed by atoms with van der Waals surface area (Å²) >= 11 is 0. The van der Waals surface area contributed by atoms with Gasteiger partial charge in [0.15, 0.2) is 0 Å². The summed E-state index contributed by atoms with van der Waals surface area (Å²) in [6, 6.07) is -0.590. The number of carbonyl (C=O) groups is 2. The summed E-state index contributed by atoms with van der Waals surface area (Å²) in [7, 11) is 0. The van der Waals surface area contributed by atoms with Gasteiger partial charge < -0.3 is 10.0 Å². The molecule has 0 bridgehead atoms. The summed E-state index contributed by atoms with van der Waals surface area (Å²) in [4.78, 5) is 25.6. The van der Waals surface area contributed by atoms with Crippen molar-refractivity contribution >= 4 is 11.9 Å². The van der Waals surface area contributed by atoms with Crippen LogP contribution in [0.25, 0.3) is 0 Å². The maximum absolute atomic E-state index is 12.5. The van der Waals surface area contributed by atoms with Crippen molar-refractivity contribution < 1.29 is 14.7 Å². The predicted octanol–water partition coefficient (Wildman–Crippen LogP) is 2.67. The second-order valence-corrected chi connectivity index (χ2v) is 6.02. The van der Waals surface area contributed by atoms with Crippen molar-refractivity contribution in [2.75, 3.05) is 6.54 Å². The van der Waals surface area contributed by atoms with E-state index < -0.39 is 12.0 Å². The summed E-state index contributed by atoms with van der Waals surface area (Å²) < 4.78 is 0. The first-order valence-corrected chi connectivity index (χ1v) is 7.66. The van der Waals surface area contributed by atoms with Gasteiger partial charge in [0, 0.05) is 12.5 Å². The lowest BCUT2D eigenvalue weighted by molar-refractivity contribution is -0.155. The van der Waals surface area contributed by atoms with Crippen molar-refractivity contribution in [3.63, 3.8) is 0 Å². The molecule has 2 unspecified atom stereocenters.